The Balaban J connectivity index is 2.37. The number of hydrogen-bond acceptors (Lipinski definition) is 2. The lowest BCUT2D eigenvalue weighted by Gasteiger charge is -2.05. The van der Waals surface area contributed by atoms with E-state index in [1.165, 1.54) is 0 Å². The third kappa shape index (κ3) is 2.24. The molecule has 1 heterocycles. The van der Waals surface area contributed by atoms with Crippen molar-refractivity contribution >= 4 is 16.8 Å². The second-order valence-electron chi connectivity index (χ2n) is 4.37. The number of hydrogen-bond donors (Lipinski definition) is 2. The Hall–Kier alpha value is -1.81. The molecule has 0 aliphatic rings. The van der Waals surface area contributed by atoms with Gasteiger partial charge in [-0.05, 0) is 25.5 Å². The molecule has 4 nitrogen and oxygen atoms in total. The first-order chi connectivity index (χ1) is 8.65. The molecule has 0 spiro atoms. The molecule has 1 aromatic heterocycles. The zero-order valence-corrected chi connectivity index (χ0v) is 11.0. The van der Waals surface area contributed by atoms with E-state index in [-0.39, 0.29) is 5.91 Å². The molecular formula is C14H18N2O2. The molecule has 2 rings (SSSR count). The monoisotopic (exact) mass is 246 g/mol. The quantitative estimate of drug-likeness (QED) is 0.812. The third-order valence-corrected chi connectivity index (χ3v) is 3.04. The first kappa shape index (κ1) is 12.6. The van der Waals surface area contributed by atoms with Crippen LogP contribution in [0.1, 0.15) is 21.6 Å². The fraction of sp³-hybridized carbons (Fsp3) is 0.357. The molecule has 96 valence electrons. The van der Waals surface area contributed by atoms with Crippen LogP contribution >= 0.6 is 0 Å². The molecular weight excluding hydrogens is 228 g/mol. The summed E-state index contributed by atoms with van der Waals surface area (Å²) in [6.07, 6.45) is 0. The van der Waals surface area contributed by atoms with Crippen molar-refractivity contribution in [2.45, 2.75) is 13.8 Å². The summed E-state index contributed by atoms with van der Waals surface area (Å²) in [7, 11) is 1.62. The Morgan fingerprint density at radius 1 is 1.39 bits per heavy atom. The largest absolute Gasteiger partial charge is 0.383 e. The summed E-state index contributed by atoms with van der Waals surface area (Å²) in [6, 6.07) is 5.99. The van der Waals surface area contributed by atoms with E-state index < -0.39 is 0 Å². The Bertz CT molecular complexity index is 572. The number of benzene rings is 1. The van der Waals surface area contributed by atoms with Gasteiger partial charge in [-0.1, -0.05) is 12.1 Å². The number of carbonyl (C=O) groups excluding carboxylic acids is 1. The maximum absolute atomic E-state index is 12.2. The Morgan fingerprint density at radius 2 is 2.17 bits per heavy atom. The van der Waals surface area contributed by atoms with Crippen molar-refractivity contribution in [1.29, 1.82) is 0 Å². The maximum atomic E-state index is 12.2. The lowest BCUT2D eigenvalue weighted by Crippen LogP contribution is -2.27. The van der Waals surface area contributed by atoms with E-state index in [0.717, 1.165) is 27.7 Å². The Morgan fingerprint density at radius 3 is 2.89 bits per heavy atom. The van der Waals surface area contributed by atoms with Crippen LogP contribution in [0.15, 0.2) is 18.2 Å². The van der Waals surface area contributed by atoms with E-state index >= 15 is 0 Å². The third-order valence-electron chi connectivity index (χ3n) is 3.04. The van der Waals surface area contributed by atoms with Gasteiger partial charge in [-0.3, -0.25) is 4.79 Å². The summed E-state index contributed by atoms with van der Waals surface area (Å²) < 4.78 is 4.93. The number of aryl methyl sites for hydroxylation is 2. The van der Waals surface area contributed by atoms with Crippen molar-refractivity contribution in [3.8, 4) is 0 Å². The highest BCUT2D eigenvalue weighted by Gasteiger charge is 2.16. The van der Waals surface area contributed by atoms with Gasteiger partial charge in [0.25, 0.3) is 5.91 Å². The minimum atomic E-state index is -0.0508. The van der Waals surface area contributed by atoms with Crippen LogP contribution in [0.25, 0.3) is 10.9 Å². The number of methoxy groups -OCH3 is 1. The lowest BCUT2D eigenvalue weighted by molar-refractivity contribution is 0.0938. The number of ether oxygens (including phenoxy) is 1. The molecule has 0 saturated carbocycles. The maximum Gasteiger partial charge on any atom is 0.253 e. The molecule has 4 heteroatoms. The number of aromatic nitrogens is 1. The predicted molar refractivity (Wildman–Crippen MR) is 72.0 cm³/mol. The van der Waals surface area contributed by atoms with Gasteiger partial charge in [-0.2, -0.15) is 0 Å². The van der Waals surface area contributed by atoms with E-state index in [4.69, 9.17) is 4.74 Å². The van der Waals surface area contributed by atoms with Crippen molar-refractivity contribution in [1.82, 2.24) is 10.3 Å². The molecule has 0 saturated heterocycles. The highest BCUT2D eigenvalue weighted by Crippen LogP contribution is 2.25. The van der Waals surface area contributed by atoms with Gasteiger partial charge < -0.3 is 15.0 Å². The summed E-state index contributed by atoms with van der Waals surface area (Å²) in [4.78, 5) is 15.4. The molecule has 0 bridgehead atoms. The summed E-state index contributed by atoms with van der Waals surface area (Å²) in [5.41, 5.74) is 3.74. The van der Waals surface area contributed by atoms with Gasteiger partial charge in [-0.25, -0.2) is 0 Å². The van der Waals surface area contributed by atoms with E-state index in [0.29, 0.717) is 13.2 Å². The zero-order valence-electron chi connectivity index (χ0n) is 11.0. The normalized spacial score (nSPS) is 10.8. The number of nitrogens with one attached hydrogen (secondary N) is 2. The second-order valence-corrected chi connectivity index (χ2v) is 4.37. The standard InChI is InChI=1S/C14H18N2O2/c1-9-5-4-6-11-12(9)13(10(2)16-11)14(17)15-7-8-18-3/h4-6,16H,7-8H2,1-3H3,(H,15,17). The SMILES string of the molecule is COCCNC(=O)c1c(C)[nH]c2cccc(C)c12. The van der Waals surface area contributed by atoms with E-state index in [9.17, 15) is 4.79 Å². The lowest BCUT2D eigenvalue weighted by atomic mass is 10.1. The van der Waals surface area contributed by atoms with Gasteiger partial charge >= 0.3 is 0 Å². The van der Waals surface area contributed by atoms with Gasteiger partial charge in [0.05, 0.1) is 12.2 Å². The molecule has 0 unspecified atom stereocenters. The Kier molecular flexibility index (Phi) is 3.67. The number of rotatable bonds is 4. The average molecular weight is 246 g/mol. The minimum absolute atomic E-state index is 0.0508. The van der Waals surface area contributed by atoms with E-state index in [1.54, 1.807) is 7.11 Å². The van der Waals surface area contributed by atoms with E-state index in [1.807, 2.05) is 32.0 Å². The van der Waals surface area contributed by atoms with Gasteiger partial charge in [0.2, 0.25) is 0 Å². The minimum Gasteiger partial charge on any atom is -0.383 e. The summed E-state index contributed by atoms with van der Waals surface area (Å²) >= 11 is 0. The molecule has 0 radical (unpaired) electrons. The molecule has 1 amide bonds. The average Bonchev–Trinajstić information content (AvgIpc) is 2.67. The second kappa shape index (κ2) is 5.23. The summed E-state index contributed by atoms with van der Waals surface area (Å²) in [5, 5.41) is 3.87. The Labute approximate surface area is 106 Å². The first-order valence-electron chi connectivity index (χ1n) is 6.00. The number of H-pyrrole nitrogens is 1. The first-order valence-corrected chi connectivity index (χ1v) is 6.00. The summed E-state index contributed by atoms with van der Waals surface area (Å²) in [6.45, 7) is 4.98. The van der Waals surface area contributed by atoms with Crippen molar-refractivity contribution in [2.75, 3.05) is 20.3 Å². The van der Waals surface area contributed by atoms with Gasteiger partial charge in [0.1, 0.15) is 0 Å². The molecule has 2 N–H and O–H groups in total. The van der Waals surface area contributed by atoms with Crippen LogP contribution in [0, 0.1) is 13.8 Å². The molecule has 2 aromatic rings. The van der Waals surface area contributed by atoms with Gasteiger partial charge in [0, 0.05) is 30.3 Å². The van der Waals surface area contributed by atoms with Crippen molar-refractivity contribution in [2.24, 2.45) is 0 Å². The van der Waals surface area contributed by atoms with Crippen molar-refractivity contribution in [3.05, 3.63) is 35.0 Å². The van der Waals surface area contributed by atoms with Crippen LogP contribution in [0.3, 0.4) is 0 Å². The number of aromatic amines is 1. The highest BCUT2D eigenvalue weighted by molar-refractivity contribution is 6.09. The van der Waals surface area contributed by atoms with Crippen LogP contribution in [0.2, 0.25) is 0 Å². The fourth-order valence-electron chi connectivity index (χ4n) is 2.19. The van der Waals surface area contributed by atoms with Gasteiger partial charge in [0.15, 0.2) is 0 Å². The molecule has 18 heavy (non-hydrogen) atoms. The van der Waals surface area contributed by atoms with Gasteiger partial charge in [-0.15, -0.1) is 0 Å². The molecule has 0 atom stereocenters. The van der Waals surface area contributed by atoms with Crippen molar-refractivity contribution in [3.63, 3.8) is 0 Å². The smallest absolute Gasteiger partial charge is 0.253 e. The van der Waals surface area contributed by atoms with Crippen LogP contribution in [0.5, 0.6) is 0 Å². The van der Waals surface area contributed by atoms with Crippen LogP contribution < -0.4 is 5.32 Å². The summed E-state index contributed by atoms with van der Waals surface area (Å²) in [5.74, 6) is -0.0508. The van der Waals surface area contributed by atoms with Crippen LogP contribution in [-0.4, -0.2) is 31.2 Å². The predicted octanol–water partition coefficient (Wildman–Crippen LogP) is 2.16. The number of fused-ring (bicyclic) bond motifs is 1. The highest BCUT2D eigenvalue weighted by atomic mass is 16.5. The number of carbonyl (C=O) groups is 1. The van der Waals surface area contributed by atoms with Crippen molar-refractivity contribution < 1.29 is 9.53 Å². The van der Waals surface area contributed by atoms with E-state index in [2.05, 4.69) is 10.3 Å². The number of amides is 1. The fourth-order valence-corrected chi connectivity index (χ4v) is 2.19. The molecule has 0 aliphatic heterocycles. The molecule has 0 aliphatic carbocycles. The van der Waals surface area contributed by atoms with Crippen LogP contribution in [-0.2, 0) is 4.74 Å². The topological polar surface area (TPSA) is 54.1 Å². The molecule has 1 aromatic carbocycles. The molecule has 0 fully saturated rings. The zero-order chi connectivity index (χ0) is 13.1. The van der Waals surface area contributed by atoms with Crippen LogP contribution in [0.4, 0.5) is 0 Å².